The van der Waals surface area contributed by atoms with Gasteiger partial charge >= 0.3 is 0 Å². The molecular formula is C25H29N3O3. The van der Waals surface area contributed by atoms with Crippen LogP contribution in [0.3, 0.4) is 0 Å². The van der Waals surface area contributed by atoms with Crippen molar-refractivity contribution >= 4 is 17.7 Å². The molecule has 2 aromatic rings. The van der Waals surface area contributed by atoms with Crippen LogP contribution in [-0.2, 0) is 9.59 Å². The first kappa shape index (κ1) is 21.1. The van der Waals surface area contributed by atoms with Gasteiger partial charge in [0.25, 0.3) is 5.91 Å². The Kier molecular flexibility index (Phi) is 6.07. The van der Waals surface area contributed by atoms with Crippen molar-refractivity contribution in [1.29, 1.82) is 0 Å². The number of rotatable bonds is 4. The van der Waals surface area contributed by atoms with Gasteiger partial charge in [-0.25, -0.2) is 0 Å². The van der Waals surface area contributed by atoms with Gasteiger partial charge < -0.3 is 14.7 Å². The molecule has 3 amide bonds. The number of likely N-dealkylation sites (tertiary alicyclic amines) is 1. The second-order valence-electron chi connectivity index (χ2n) is 8.47. The molecule has 0 bridgehead atoms. The number of aryl methyl sites for hydroxylation is 1. The van der Waals surface area contributed by atoms with Crippen LogP contribution in [0.15, 0.2) is 54.6 Å². The lowest BCUT2D eigenvalue weighted by atomic mass is 10.1. The fourth-order valence-corrected chi connectivity index (χ4v) is 4.55. The van der Waals surface area contributed by atoms with Crippen LogP contribution >= 0.6 is 0 Å². The number of hydrogen-bond donors (Lipinski definition) is 0. The Morgan fingerprint density at radius 1 is 0.903 bits per heavy atom. The number of amides is 3. The lowest BCUT2D eigenvalue weighted by Crippen LogP contribution is -2.52. The Bertz CT molecular complexity index is 967. The van der Waals surface area contributed by atoms with Crippen molar-refractivity contribution in [3.05, 3.63) is 71.3 Å². The van der Waals surface area contributed by atoms with Crippen LogP contribution in [0.2, 0.25) is 0 Å². The molecule has 6 heteroatoms. The molecule has 4 rings (SSSR count). The molecule has 2 fully saturated rings. The average Bonchev–Trinajstić information content (AvgIpc) is 3.20. The summed E-state index contributed by atoms with van der Waals surface area (Å²) in [4.78, 5) is 44.0. The zero-order valence-corrected chi connectivity index (χ0v) is 18.2. The van der Waals surface area contributed by atoms with Gasteiger partial charge in [-0.2, -0.15) is 0 Å². The van der Waals surface area contributed by atoms with Gasteiger partial charge in [0.1, 0.15) is 0 Å². The summed E-state index contributed by atoms with van der Waals surface area (Å²) in [6.45, 7) is 6.45. The van der Waals surface area contributed by atoms with Gasteiger partial charge in [0, 0.05) is 44.7 Å². The first-order valence-electron chi connectivity index (χ1n) is 10.9. The summed E-state index contributed by atoms with van der Waals surface area (Å²) in [6, 6.07) is 17.4. The third kappa shape index (κ3) is 4.33. The molecule has 0 spiro atoms. The van der Waals surface area contributed by atoms with Crippen molar-refractivity contribution < 1.29 is 14.4 Å². The predicted molar refractivity (Wildman–Crippen MR) is 118 cm³/mol. The van der Waals surface area contributed by atoms with Crippen molar-refractivity contribution in [2.24, 2.45) is 5.92 Å². The molecule has 31 heavy (non-hydrogen) atoms. The van der Waals surface area contributed by atoms with Crippen molar-refractivity contribution in [3.8, 4) is 0 Å². The molecule has 0 aliphatic carbocycles. The highest BCUT2D eigenvalue weighted by molar-refractivity contribution is 5.96. The van der Waals surface area contributed by atoms with E-state index in [1.165, 1.54) is 0 Å². The molecule has 2 heterocycles. The van der Waals surface area contributed by atoms with E-state index >= 15 is 0 Å². The molecule has 0 aromatic heterocycles. The summed E-state index contributed by atoms with van der Waals surface area (Å²) in [5, 5.41) is 0. The summed E-state index contributed by atoms with van der Waals surface area (Å²) in [6.07, 6.45) is 0.262. The number of benzene rings is 2. The van der Waals surface area contributed by atoms with E-state index in [0.29, 0.717) is 38.3 Å². The highest BCUT2D eigenvalue weighted by Gasteiger charge is 2.39. The van der Waals surface area contributed by atoms with Gasteiger partial charge in [0.05, 0.1) is 12.0 Å². The highest BCUT2D eigenvalue weighted by Crippen LogP contribution is 2.29. The molecule has 6 nitrogen and oxygen atoms in total. The number of carbonyl (C=O) groups is 3. The van der Waals surface area contributed by atoms with Crippen molar-refractivity contribution in [1.82, 2.24) is 14.7 Å². The standard InChI is InChI=1S/C25H29N3O3/c1-18-8-6-7-11-22(18)25(31)27-14-12-26(13-15-27)24(30)21-16-23(29)28(17-21)19(2)20-9-4-3-5-10-20/h3-11,19,21H,12-17H2,1-2H3. The lowest BCUT2D eigenvalue weighted by Gasteiger charge is -2.36. The quantitative estimate of drug-likeness (QED) is 0.766. The van der Waals surface area contributed by atoms with Gasteiger partial charge in [-0.05, 0) is 31.0 Å². The van der Waals surface area contributed by atoms with Crippen LogP contribution < -0.4 is 0 Å². The fraction of sp³-hybridized carbons (Fsp3) is 0.400. The molecule has 2 aliphatic heterocycles. The van der Waals surface area contributed by atoms with Gasteiger partial charge in [0.15, 0.2) is 0 Å². The van der Waals surface area contributed by atoms with E-state index in [2.05, 4.69) is 0 Å². The predicted octanol–water partition coefficient (Wildman–Crippen LogP) is 2.89. The third-order valence-electron chi connectivity index (χ3n) is 6.51. The molecule has 0 saturated carbocycles. The minimum absolute atomic E-state index is 0.0177. The summed E-state index contributed by atoms with van der Waals surface area (Å²) < 4.78 is 0. The molecule has 0 N–H and O–H groups in total. The highest BCUT2D eigenvalue weighted by atomic mass is 16.2. The third-order valence-corrected chi connectivity index (χ3v) is 6.51. The normalized spacial score (nSPS) is 20.1. The van der Waals surface area contributed by atoms with E-state index in [9.17, 15) is 14.4 Å². The Hall–Kier alpha value is -3.15. The molecular weight excluding hydrogens is 390 g/mol. The Labute approximate surface area is 183 Å². The smallest absolute Gasteiger partial charge is 0.254 e. The minimum atomic E-state index is -0.308. The fourth-order valence-electron chi connectivity index (χ4n) is 4.55. The number of nitrogens with zero attached hydrogens (tertiary/aromatic N) is 3. The van der Waals surface area contributed by atoms with Gasteiger partial charge in [0.2, 0.25) is 11.8 Å². The Balaban J connectivity index is 1.34. The number of piperazine rings is 1. The molecule has 2 atom stereocenters. The van der Waals surface area contributed by atoms with Crippen molar-refractivity contribution in [2.75, 3.05) is 32.7 Å². The molecule has 162 valence electrons. The van der Waals surface area contributed by atoms with Crippen molar-refractivity contribution in [2.45, 2.75) is 26.3 Å². The molecule has 2 aromatic carbocycles. The zero-order chi connectivity index (χ0) is 22.0. The number of hydrogen-bond acceptors (Lipinski definition) is 3. The van der Waals surface area contributed by atoms with Crippen molar-refractivity contribution in [3.63, 3.8) is 0 Å². The number of carbonyl (C=O) groups excluding carboxylic acids is 3. The van der Waals surface area contributed by atoms with E-state index in [-0.39, 0.29) is 36.1 Å². The van der Waals surface area contributed by atoms with Gasteiger partial charge in [-0.1, -0.05) is 48.5 Å². The average molecular weight is 420 g/mol. The maximum atomic E-state index is 13.1. The molecule has 2 unspecified atom stereocenters. The maximum Gasteiger partial charge on any atom is 0.254 e. The Morgan fingerprint density at radius 3 is 2.19 bits per heavy atom. The lowest BCUT2D eigenvalue weighted by molar-refractivity contribution is -0.137. The summed E-state index contributed by atoms with van der Waals surface area (Å²) >= 11 is 0. The molecule has 2 aliphatic rings. The van der Waals surface area contributed by atoms with E-state index in [0.717, 1.165) is 11.1 Å². The van der Waals surface area contributed by atoms with E-state index in [1.54, 1.807) is 0 Å². The van der Waals surface area contributed by atoms with Crippen LogP contribution in [0.1, 0.15) is 40.9 Å². The Morgan fingerprint density at radius 2 is 1.52 bits per heavy atom. The zero-order valence-electron chi connectivity index (χ0n) is 18.2. The van der Waals surface area contributed by atoms with Crippen LogP contribution in [-0.4, -0.2) is 65.1 Å². The summed E-state index contributed by atoms with van der Waals surface area (Å²) in [7, 11) is 0. The van der Waals surface area contributed by atoms with Crippen LogP contribution in [0.25, 0.3) is 0 Å². The summed E-state index contributed by atoms with van der Waals surface area (Å²) in [5.41, 5.74) is 2.75. The molecule has 2 saturated heterocycles. The SMILES string of the molecule is Cc1ccccc1C(=O)N1CCN(C(=O)C2CC(=O)N(C(C)c3ccccc3)C2)CC1. The van der Waals surface area contributed by atoms with Gasteiger partial charge in [-0.3, -0.25) is 14.4 Å². The van der Waals surface area contributed by atoms with E-state index in [1.807, 2.05) is 83.1 Å². The summed E-state index contributed by atoms with van der Waals surface area (Å²) in [5.74, 6) is -0.233. The van der Waals surface area contributed by atoms with E-state index < -0.39 is 0 Å². The first-order chi connectivity index (χ1) is 15.0. The maximum absolute atomic E-state index is 13.1. The van der Waals surface area contributed by atoms with E-state index in [4.69, 9.17) is 0 Å². The topological polar surface area (TPSA) is 60.9 Å². The monoisotopic (exact) mass is 419 g/mol. The molecule has 0 radical (unpaired) electrons. The second kappa shape index (κ2) is 8.92. The minimum Gasteiger partial charge on any atom is -0.339 e. The van der Waals surface area contributed by atoms with Crippen LogP contribution in [0.4, 0.5) is 0 Å². The van der Waals surface area contributed by atoms with Crippen LogP contribution in [0, 0.1) is 12.8 Å². The second-order valence-corrected chi connectivity index (χ2v) is 8.47. The first-order valence-corrected chi connectivity index (χ1v) is 10.9. The van der Waals surface area contributed by atoms with Gasteiger partial charge in [-0.15, -0.1) is 0 Å². The largest absolute Gasteiger partial charge is 0.339 e. The van der Waals surface area contributed by atoms with Crippen LogP contribution in [0.5, 0.6) is 0 Å².